The van der Waals surface area contributed by atoms with Crippen molar-refractivity contribution in [1.82, 2.24) is 4.98 Å². The zero-order chi connectivity index (χ0) is 21.1. The molecule has 6 nitrogen and oxygen atoms in total. The van der Waals surface area contributed by atoms with Crippen molar-refractivity contribution >= 4 is 45.7 Å². The minimum absolute atomic E-state index is 0.0768. The van der Waals surface area contributed by atoms with Crippen LogP contribution < -0.4 is 20.1 Å². The van der Waals surface area contributed by atoms with Gasteiger partial charge in [0.25, 0.3) is 0 Å². The van der Waals surface area contributed by atoms with Crippen molar-refractivity contribution in [2.24, 2.45) is 5.73 Å². The molecule has 1 heterocycles. The fraction of sp³-hybridized carbons (Fsp3) is 0.238. The van der Waals surface area contributed by atoms with E-state index in [1.807, 2.05) is 31.2 Å². The summed E-state index contributed by atoms with van der Waals surface area (Å²) in [5, 5.41) is 1.60. The van der Waals surface area contributed by atoms with Gasteiger partial charge in [-0.05, 0) is 31.2 Å². The molecule has 0 radical (unpaired) electrons. The highest BCUT2D eigenvalue weighted by Crippen LogP contribution is 2.39. The number of nitrogens with two attached hydrogens (primary N) is 1. The number of carbonyl (C=O) groups excluding carboxylic acids is 1. The molecule has 3 aromatic rings. The number of methoxy groups -OCH3 is 1. The van der Waals surface area contributed by atoms with Crippen LogP contribution in [0.2, 0.25) is 10.0 Å². The number of aromatic nitrogens is 1. The van der Waals surface area contributed by atoms with Gasteiger partial charge < -0.3 is 20.1 Å². The second-order valence-corrected chi connectivity index (χ2v) is 7.17. The Hall–Kier alpha value is -2.54. The Bertz CT molecular complexity index is 1070. The van der Waals surface area contributed by atoms with Gasteiger partial charge in [-0.1, -0.05) is 35.3 Å². The van der Waals surface area contributed by atoms with E-state index in [1.54, 1.807) is 26.3 Å². The van der Waals surface area contributed by atoms with Gasteiger partial charge in [-0.3, -0.25) is 4.79 Å². The molecule has 1 aromatic heterocycles. The molecule has 2 N–H and O–H groups in total. The first-order chi connectivity index (χ1) is 13.9. The molecule has 0 saturated heterocycles. The molecule has 0 fully saturated rings. The van der Waals surface area contributed by atoms with Crippen molar-refractivity contribution in [3.05, 3.63) is 57.7 Å². The van der Waals surface area contributed by atoms with E-state index in [0.717, 1.165) is 10.9 Å². The number of benzene rings is 2. The van der Waals surface area contributed by atoms with Crippen molar-refractivity contribution in [3.8, 4) is 11.5 Å². The summed E-state index contributed by atoms with van der Waals surface area (Å²) in [6.45, 7) is 1.80. The van der Waals surface area contributed by atoms with Crippen molar-refractivity contribution in [1.29, 1.82) is 0 Å². The third kappa shape index (κ3) is 4.10. The largest absolute Gasteiger partial charge is 0.492 e. The average molecular weight is 434 g/mol. The van der Waals surface area contributed by atoms with E-state index >= 15 is 0 Å². The van der Waals surface area contributed by atoms with Crippen molar-refractivity contribution in [2.75, 3.05) is 25.6 Å². The molecule has 29 heavy (non-hydrogen) atoms. The Morgan fingerprint density at radius 2 is 1.90 bits per heavy atom. The van der Waals surface area contributed by atoms with Crippen LogP contribution in [0.15, 0.2) is 36.4 Å². The average Bonchev–Trinajstić information content (AvgIpc) is 2.72. The van der Waals surface area contributed by atoms with Gasteiger partial charge in [0.15, 0.2) is 11.5 Å². The summed E-state index contributed by atoms with van der Waals surface area (Å²) in [5.74, 6) is 0.833. The van der Waals surface area contributed by atoms with Crippen LogP contribution in [0.25, 0.3) is 10.9 Å². The van der Waals surface area contributed by atoms with E-state index in [9.17, 15) is 4.79 Å². The van der Waals surface area contributed by atoms with Crippen LogP contribution >= 0.6 is 23.2 Å². The number of hydrogen-bond donors (Lipinski definition) is 1. The first-order valence-electron chi connectivity index (χ1n) is 8.88. The molecule has 8 heteroatoms. The molecule has 0 aliphatic carbocycles. The highest BCUT2D eigenvalue weighted by molar-refractivity contribution is 6.38. The number of anilines is 1. The van der Waals surface area contributed by atoms with E-state index in [4.69, 9.17) is 38.4 Å². The van der Waals surface area contributed by atoms with Crippen molar-refractivity contribution < 1.29 is 14.3 Å². The second-order valence-electron chi connectivity index (χ2n) is 6.38. The number of pyridine rings is 1. The zero-order valence-corrected chi connectivity index (χ0v) is 17.8. The Morgan fingerprint density at radius 3 is 2.59 bits per heavy atom. The lowest BCUT2D eigenvalue weighted by molar-refractivity contribution is -0.117. The number of nitrogens with zero attached hydrogens (tertiary/aromatic N) is 2. The lowest BCUT2D eigenvalue weighted by Crippen LogP contribution is -2.32. The van der Waals surface area contributed by atoms with Crippen LogP contribution in [-0.4, -0.2) is 31.6 Å². The predicted octanol–water partition coefficient (Wildman–Crippen LogP) is 4.36. The molecule has 0 spiro atoms. The van der Waals surface area contributed by atoms with Gasteiger partial charge in [0.05, 0.1) is 35.6 Å². The van der Waals surface area contributed by atoms with Crippen LogP contribution in [0.5, 0.6) is 11.5 Å². The molecule has 0 saturated carbocycles. The summed E-state index contributed by atoms with van der Waals surface area (Å²) in [7, 11) is 3.19. The maximum absolute atomic E-state index is 11.9. The van der Waals surface area contributed by atoms with Gasteiger partial charge in [-0.2, -0.15) is 0 Å². The molecule has 0 bridgehead atoms. The van der Waals surface area contributed by atoms with Crippen molar-refractivity contribution in [3.63, 3.8) is 0 Å². The summed E-state index contributed by atoms with van der Waals surface area (Å²) in [6.07, 6.45) is 0. The Kier molecular flexibility index (Phi) is 6.47. The van der Waals surface area contributed by atoms with Gasteiger partial charge >= 0.3 is 0 Å². The summed E-state index contributed by atoms with van der Waals surface area (Å²) < 4.78 is 11.7. The molecular formula is C21H21Cl2N3O3. The molecule has 152 valence electrons. The molecule has 0 unspecified atom stereocenters. The van der Waals surface area contributed by atoms with E-state index in [1.165, 1.54) is 4.90 Å². The number of para-hydroxylation sites is 1. The quantitative estimate of drug-likeness (QED) is 0.624. The molecule has 0 aliphatic rings. The van der Waals surface area contributed by atoms with Crippen LogP contribution in [0.1, 0.15) is 11.3 Å². The summed E-state index contributed by atoms with van der Waals surface area (Å²) in [6, 6.07) is 11.0. The normalized spacial score (nSPS) is 10.8. The Morgan fingerprint density at radius 1 is 1.17 bits per heavy atom. The fourth-order valence-corrected chi connectivity index (χ4v) is 3.65. The molecule has 3 rings (SSSR count). The number of aryl methyl sites for hydroxylation is 1. The number of amides is 1. The molecule has 1 amide bonds. The topological polar surface area (TPSA) is 77.7 Å². The van der Waals surface area contributed by atoms with Gasteiger partial charge in [0, 0.05) is 23.0 Å². The summed E-state index contributed by atoms with van der Waals surface area (Å²) >= 11 is 12.9. The standard InChI is InChI=1S/C21H21Cl2N3O3/c1-12-20(21(28-3)13-6-4-5-7-16(13)25-12)29-11-14-15(22)8-9-17(19(14)23)26(2)18(27)10-24/h4-9H,10-11,24H2,1-3H3. The number of fused-ring (bicyclic) bond motifs is 1. The van der Waals surface area contributed by atoms with Crippen LogP contribution in [0, 0.1) is 6.92 Å². The smallest absolute Gasteiger partial charge is 0.240 e. The molecule has 2 aromatic carbocycles. The maximum atomic E-state index is 11.9. The van der Waals surface area contributed by atoms with Gasteiger partial charge in [-0.25, -0.2) is 4.98 Å². The van der Waals surface area contributed by atoms with Gasteiger partial charge in [0.2, 0.25) is 5.91 Å². The zero-order valence-electron chi connectivity index (χ0n) is 16.3. The number of ether oxygens (including phenoxy) is 2. The lowest BCUT2D eigenvalue weighted by Gasteiger charge is -2.21. The Labute approximate surface area is 179 Å². The highest BCUT2D eigenvalue weighted by atomic mass is 35.5. The maximum Gasteiger partial charge on any atom is 0.240 e. The van der Waals surface area contributed by atoms with E-state index in [2.05, 4.69) is 4.98 Å². The third-order valence-electron chi connectivity index (χ3n) is 4.61. The minimum atomic E-state index is -0.266. The van der Waals surface area contributed by atoms with Crippen molar-refractivity contribution in [2.45, 2.75) is 13.5 Å². The molecular weight excluding hydrogens is 413 g/mol. The first kappa shape index (κ1) is 21.2. The van der Waals surface area contributed by atoms with Crippen LogP contribution in [0.3, 0.4) is 0 Å². The number of carbonyl (C=O) groups is 1. The van der Waals surface area contributed by atoms with E-state index in [-0.39, 0.29) is 19.1 Å². The SMILES string of the molecule is COc1c(OCc2c(Cl)ccc(N(C)C(=O)CN)c2Cl)c(C)nc2ccccc12. The number of hydrogen-bond acceptors (Lipinski definition) is 5. The first-order valence-corrected chi connectivity index (χ1v) is 9.64. The monoisotopic (exact) mass is 433 g/mol. The minimum Gasteiger partial charge on any atom is -0.492 e. The summed E-state index contributed by atoms with van der Waals surface area (Å²) in [5.41, 5.74) is 8.00. The van der Waals surface area contributed by atoms with E-state index < -0.39 is 0 Å². The highest BCUT2D eigenvalue weighted by Gasteiger charge is 2.20. The second kappa shape index (κ2) is 8.86. The lowest BCUT2D eigenvalue weighted by atomic mass is 10.1. The number of halogens is 2. The third-order valence-corrected chi connectivity index (χ3v) is 5.39. The number of likely N-dealkylation sites (N-methyl/N-ethyl adjacent to an activating group) is 1. The summed E-state index contributed by atoms with van der Waals surface area (Å²) in [4.78, 5) is 17.9. The molecule has 0 aliphatic heterocycles. The van der Waals surface area contributed by atoms with E-state index in [0.29, 0.717) is 38.5 Å². The molecule has 0 atom stereocenters. The Balaban J connectivity index is 1.98. The predicted molar refractivity (Wildman–Crippen MR) is 116 cm³/mol. The number of rotatable bonds is 6. The van der Waals surface area contributed by atoms with Crippen LogP contribution in [-0.2, 0) is 11.4 Å². The van der Waals surface area contributed by atoms with Gasteiger partial charge in [-0.15, -0.1) is 0 Å². The fourth-order valence-electron chi connectivity index (χ4n) is 3.05. The van der Waals surface area contributed by atoms with Crippen LogP contribution in [0.4, 0.5) is 5.69 Å². The van der Waals surface area contributed by atoms with Gasteiger partial charge in [0.1, 0.15) is 6.61 Å².